The minimum Gasteiger partial charge on any atom is -0.491 e. The summed E-state index contributed by atoms with van der Waals surface area (Å²) in [5, 5.41) is 20.7. The molecule has 1 aliphatic rings. The zero-order valence-electron chi connectivity index (χ0n) is 19.9. The molecule has 1 aromatic heterocycles. The molecule has 0 spiro atoms. The molecule has 0 saturated carbocycles. The van der Waals surface area contributed by atoms with Crippen molar-refractivity contribution in [2.45, 2.75) is 18.9 Å². The first kappa shape index (κ1) is 24.2. The number of aliphatic hydroxyl groups is 1. The smallest absolute Gasteiger partial charge is 0.137 e. The standard InChI is InChI=1S/C28H29ClN4O3/c1-18-6-10-25(33-32-18)19-7-11-28(24(29)14-19)35-13-12-30-16-20(34)17-36-21-8-9-23-22-4-2-3-5-26(22)31-27(23)15-21/h2-5,7-9,11,14-15,20,30-32,34H,1,6,10,12-13,16-17H2/t20-/m0/s1. The number of halogens is 1. The van der Waals surface area contributed by atoms with Gasteiger partial charge in [0.1, 0.15) is 30.8 Å². The fraction of sp³-hybridized carbons (Fsp3) is 0.250. The summed E-state index contributed by atoms with van der Waals surface area (Å²) in [5.74, 6) is 1.33. The number of allylic oxidation sites excluding steroid dienone is 1. The van der Waals surface area contributed by atoms with Gasteiger partial charge in [-0.3, -0.25) is 5.43 Å². The van der Waals surface area contributed by atoms with Crippen LogP contribution >= 0.6 is 11.6 Å². The quantitative estimate of drug-likeness (QED) is 0.229. The van der Waals surface area contributed by atoms with Crippen molar-refractivity contribution in [3.05, 3.63) is 83.5 Å². The van der Waals surface area contributed by atoms with Crippen LogP contribution in [-0.4, -0.2) is 48.2 Å². The van der Waals surface area contributed by atoms with E-state index in [1.54, 1.807) is 0 Å². The summed E-state index contributed by atoms with van der Waals surface area (Å²) in [6.07, 6.45) is 1.04. The van der Waals surface area contributed by atoms with E-state index in [-0.39, 0.29) is 6.61 Å². The van der Waals surface area contributed by atoms with Gasteiger partial charge in [0.15, 0.2) is 0 Å². The summed E-state index contributed by atoms with van der Waals surface area (Å²) in [7, 11) is 0. The molecule has 5 rings (SSSR count). The Kier molecular flexibility index (Phi) is 7.41. The van der Waals surface area contributed by atoms with Gasteiger partial charge in [-0.15, -0.1) is 0 Å². The fourth-order valence-electron chi connectivity index (χ4n) is 4.21. The number of aromatic nitrogens is 1. The van der Waals surface area contributed by atoms with Crippen molar-refractivity contribution in [2.24, 2.45) is 5.10 Å². The normalized spacial score (nSPS) is 14.5. The van der Waals surface area contributed by atoms with E-state index in [1.165, 1.54) is 5.39 Å². The van der Waals surface area contributed by atoms with E-state index < -0.39 is 6.10 Å². The summed E-state index contributed by atoms with van der Waals surface area (Å²) >= 11 is 6.40. The second kappa shape index (κ2) is 11.0. The summed E-state index contributed by atoms with van der Waals surface area (Å²) in [6, 6.07) is 19.8. The van der Waals surface area contributed by atoms with Crippen LogP contribution in [0.25, 0.3) is 21.8 Å². The van der Waals surface area contributed by atoms with Crippen LogP contribution in [0.2, 0.25) is 5.02 Å². The number of hydrogen-bond acceptors (Lipinski definition) is 6. The molecule has 8 heteroatoms. The Balaban J connectivity index is 1.04. The predicted octanol–water partition coefficient (Wildman–Crippen LogP) is 4.98. The molecule has 186 valence electrons. The van der Waals surface area contributed by atoms with Crippen molar-refractivity contribution >= 4 is 39.1 Å². The molecule has 0 amide bonds. The van der Waals surface area contributed by atoms with Crippen molar-refractivity contribution in [2.75, 3.05) is 26.3 Å². The number of aromatic amines is 1. The second-order valence-electron chi connectivity index (χ2n) is 8.81. The van der Waals surface area contributed by atoms with E-state index in [2.05, 4.69) is 39.5 Å². The number of fused-ring (bicyclic) bond motifs is 3. The van der Waals surface area contributed by atoms with Gasteiger partial charge in [0.25, 0.3) is 0 Å². The Labute approximate surface area is 214 Å². The maximum absolute atomic E-state index is 10.3. The van der Waals surface area contributed by atoms with E-state index in [9.17, 15) is 5.11 Å². The lowest BCUT2D eigenvalue weighted by molar-refractivity contribution is 0.105. The first-order valence-electron chi connectivity index (χ1n) is 12.0. The minimum atomic E-state index is -0.646. The average molecular weight is 505 g/mol. The molecule has 2 heterocycles. The lowest BCUT2D eigenvalue weighted by Crippen LogP contribution is -2.33. The van der Waals surface area contributed by atoms with Crippen LogP contribution in [0.5, 0.6) is 11.5 Å². The number of ether oxygens (including phenoxy) is 2. The Morgan fingerprint density at radius 2 is 1.89 bits per heavy atom. The van der Waals surface area contributed by atoms with Crippen molar-refractivity contribution in [3.63, 3.8) is 0 Å². The highest BCUT2D eigenvalue weighted by molar-refractivity contribution is 6.32. The van der Waals surface area contributed by atoms with Crippen LogP contribution in [0.1, 0.15) is 18.4 Å². The summed E-state index contributed by atoms with van der Waals surface area (Å²) in [5.41, 5.74) is 7.88. The molecule has 1 aliphatic heterocycles. The Bertz CT molecular complexity index is 1410. The molecule has 0 fully saturated rings. The van der Waals surface area contributed by atoms with Crippen LogP contribution in [0, 0.1) is 0 Å². The number of hydrazone groups is 1. The summed E-state index contributed by atoms with van der Waals surface area (Å²) in [6.45, 7) is 5.45. The Morgan fingerprint density at radius 3 is 2.72 bits per heavy atom. The number of rotatable bonds is 10. The first-order valence-corrected chi connectivity index (χ1v) is 12.4. The van der Waals surface area contributed by atoms with Crippen LogP contribution in [-0.2, 0) is 0 Å². The maximum atomic E-state index is 10.3. The lowest BCUT2D eigenvalue weighted by Gasteiger charge is -2.16. The molecular formula is C28H29ClN4O3. The third-order valence-electron chi connectivity index (χ3n) is 6.11. The third kappa shape index (κ3) is 5.65. The maximum Gasteiger partial charge on any atom is 0.137 e. The molecule has 0 bridgehead atoms. The molecule has 4 N–H and O–H groups in total. The highest BCUT2D eigenvalue weighted by atomic mass is 35.5. The number of para-hydroxylation sites is 1. The Hall–Kier alpha value is -3.52. The molecule has 36 heavy (non-hydrogen) atoms. The van der Waals surface area contributed by atoms with Crippen molar-refractivity contribution in [1.29, 1.82) is 0 Å². The van der Waals surface area contributed by atoms with Gasteiger partial charge in [-0.2, -0.15) is 5.10 Å². The van der Waals surface area contributed by atoms with E-state index in [4.69, 9.17) is 21.1 Å². The van der Waals surface area contributed by atoms with Gasteiger partial charge in [-0.05, 0) is 54.8 Å². The van der Waals surface area contributed by atoms with Crippen molar-refractivity contribution in [3.8, 4) is 11.5 Å². The topological polar surface area (TPSA) is 90.9 Å². The first-order chi connectivity index (χ1) is 17.6. The van der Waals surface area contributed by atoms with E-state index in [1.807, 2.05) is 48.5 Å². The predicted molar refractivity (Wildman–Crippen MR) is 145 cm³/mol. The minimum absolute atomic E-state index is 0.193. The van der Waals surface area contributed by atoms with Gasteiger partial charge >= 0.3 is 0 Å². The van der Waals surface area contributed by atoms with Gasteiger partial charge in [-0.25, -0.2) is 0 Å². The monoisotopic (exact) mass is 504 g/mol. The highest BCUT2D eigenvalue weighted by Gasteiger charge is 2.13. The van der Waals surface area contributed by atoms with Crippen LogP contribution in [0.3, 0.4) is 0 Å². The summed E-state index contributed by atoms with van der Waals surface area (Å²) in [4.78, 5) is 3.40. The molecule has 1 atom stereocenters. The SMILES string of the molecule is C=C1CCC(c2ccc(OCCNC[C@H](O)COc3ccc4c(c3)[nH]c3ccccc34)c(Cl)c2)=NN1. The second-order valence-corrected chi connectivity index (χ2v) is 9.22. The highest BCUT2D eigenvalue weighted by Crippen LogP contribution is 2.29. The Morgan fingerprint density at radius 1 is 1.03 bits per heavy atom. The zero-order chi connectivity index (χ0) is 24.9. The van der Waals surface area contributed by atoms with Gasteiger partial charge in [0.2, 0.25) is 0 Å². The van der Waals surface area contributed by atoms with Gasteiger partial charge < -0.3 is 24.9 Å². The molecule has 3 aromatic carbocycles. The van der Waals surface area contributed by atoms with Gasteiger partial charge in [-0.1, -0.05) is 36.4 Å². The van der Waals surface area contributed by atoms with Crippen LogP contribution in [0.4, 0.5) is 0 Å². The van der Waals surface area contributed by atoms with Crippen molar-refractivity contribution in [1.82, 2.24) is 15.7 Å². The number of aliphatic hydroxyl groups excluding tert-OH is 1. The molecule has 0 aliphatic carbocycles. The third-order valence-corrected chi connectivity index (χ3v) is 6.41. The number of hydrogen-bond donors (Lipinski definition) is 4. The largest absolute Gasteiger partial charge is 0.491 e. The zero-order valence-corrected chi connectivity index (χ0v) is 20.6. The van der Waals surface area contributed by atoms with E-state index >= 15 is 0 Å². The van der Waals surface area contributed by atoms with Crippen molar-refractivity contribution < 1.29 is 14.6 Å². The number of H-pyrrole nitrogens is 1. The molecular weight excluding hydrogens is 476 g/mol. The molecule has 4 aromatic rings. The molecule has 7 nitrogen and oxygen atoms in total. The van der Waals surface area contributed by atoms with E-state index in [0.717, 1.165) is 52.0 Å². The van der Waals surface area contributed by atoms with Gasteiger partial charge in [0, 0.05) is 41.1 Å². The van der Waals surface area contributed by atoms with Crippen LogP contribution < -0.4 is 20.2 Å². The lowest BCUT2D eigenvalue weighted by atomic mass is 10.0. The van der Waals surface area contributed by atoms with Gasteiger partial charge in [0.05, 0.1) is 16.3 Å². The van der Waals surface area contributed by atoms with Crippen LogP contribution in [0.15, 0.2) is 78.0 Å². The fourth-order valence-corrected chi connectivity index (χ4v) is 4.45. The summed E-state index contributed by atoms with van der Waals surface area (Å²) < 4.78 is 11.6. The molecule has 0 radical (unpaired) electrons. The number of nitrogens with one attached hydrogen (secondary N) is 3. The number of benzene rings is 3. The average Bonchev–Trinajstić information content (AvgIpc) is 3.26. The van der Waals surface area contributed by atoms with E-state index in [0.29, 0.717) is 30.5 Å². The number of nitrogens with zero attached hydrogens (tertiary/aromatic N) is 1. The molecule has 0 unspecified atom stereocenters. The molecule has 0 saturated heterocycles.